The Balaban J connectivity index is 2.10. The second kappa shape index (κ2) is 8.89. The van der Waals surface area contributed by atoms with Gasteiger partial charge in [-0.1, -0.05) is 121 Å². The molecule has 0 spiro atoms. The molecule has 1 unspecified atom stereocenters. The summed E-state index contributed by atoms with van der Waals surface area (Å²) in [6.07, 6.45) is -0.166. The third kappa shape index (κ3) is 3.62. The van der Waals surface area contributed by atoms with Crippen molar-refractivity contribution < 1.29 is 4.74 Å². The van der Waals surface area contributed by atoms with Crippen LogP contribution in [0.25, 0.3) is 0 Å². The monoisotopic (exact) mass is 378 g/mol. The number of hydrogen-bond acceptors (Lipinski definition) is 1. The smallest absolute Gasteiger partial charge is 0.100 e. The topological polar surface area (TPSA) is 9.23 Å². The van der Waals surface area contributed by atoms with Gasteiger partial charge in [0.2, 0.25) is 0 Å². The maximum atomic E-state index is 6.56. The summed E-state index contributed by atoms with van der Waals surface area (Å²) in [5, 5.41) is 0. The normalized spacial score (nSPS) is 12.4. The summed E-state index contributed by atoms with van der Waals surface area (Å²) in [6, 6.07) is 42.8. The van der Waals surface area contributed by atoms with Crippen molar-refractivity contribution in [1.82, 2.24) is 0 Å². The van der Waals surface area contributed by atoms with Crippen LogP contribution in [0.15, 0.2) is 121 Å². The van der Waals surface area contributed by atoms with E-state index in [0.29, 0.717) is 6.61 Å². The van der Waals surface area contributed by atoms with Gasteiger partial charge in [0.1, 0.15) is 6.10 Å². The molecule has 0 aromatic heterocycles. The summed E-state index contributed by atoms with van der Waals surface area (Å²) < 4.78 is 6.56. The predicted molar refractivity (Wildman–Crippen MR) is 120 cm³/mol. The second-order valence-corrected chi connectivity index (χ2v) is 7.15. The minimum atomic E-state index is -0.471. The highest BCUT2D eigenvalue weighted by Crippen LogP contribution is 2.50. The first kappa shape index (κ1) is 19.2. The van der Waals surface area contributed by atoms with Gasteiger partial charge in [0.15, 0.2) is 0 Å². The van der Waals surface area contributed by atoms with Crippen molar-refractivity contribution in [2.45, 2.75) is 18.4 Å². The maximum Gasteiger partial charge on any atom is 0.100 e. The predicted octanol–water partition coefficient (Wildman–Crippen LogP) is 6.80. The quantitative estimate of drug-likeness (QED) is 0.321. The van der Waals surface area contributed by atoms with E-state index >= 15 is 0 Å². The van der Waals surface area contributed by atoms with Crippen LogP contribution >= 0.6 is 0 Å². The summed E-state index contributed by atoms with van der Waals surface area (Å²) in [5.74, 6) is 0. The van der Waals surface area contributed by atoms with Gasteiger partial charge in [-0.15, -0.1) is 0 Å². The summed E-state index contributed by atoms with van der Waals surface area (Å²) in [7, 11) is 0. The summed E-state index contributed by atoms with van der Waals surface area (Å²) in [6.45, 7) is 2.70. The van der Waals surface area contributed by atoms with E-state index in [1.54, 1.807) is 0 Å². The molecular weight excluding hydrogens is 352 g/mol. The van der Waals surface area contributed by atoms with Crippen LogP contribution in [0.1, 0.15) is 35.3 Å². The van der Waals surface area contributed by atoms with E-state index in [1.165, 1.54) is 22.3 Å². The molecule has 0 aliphatic rings. The Labute approximate surface area is 173 Å². The molecule has 1 atom stereocenters. The van der Waals surface area contributed by atoms with E-state index in [9.17, 15) is 0 Å². The molecule has 29 heavy (non-hydrogen) atoms. The van der Waals surface area contributed by atoms with Crippen LogP contribution in [-0.4, -0.2) is 6.61 Å². The molecule has 0 N–H and O–H groups in total. The average molecular weight is 379 g/mol. The fourth-order valence-electron chi connectivity index (χ4n) is 4.32. The lowest BCUT2D eigenvalue weighted by atomic mass is 9.64. The number of ether oxygens (including phenoxy) is 1. The van der Waals surface area contributed by atoms with E-state index in [2.05, 4.69) is 128 Å². The lowest BCUT2D eigenvalue weighted by Crippen LogP contribution is -2.38. The summed E-state index contributed by atoms with van der Waals surface area (Å²) >= 11 is 0. The SMILES string of the molecule is CCOC(c1ccccc1)C(c1ccccc1)(c1ccccc1)c1ccccc1. The number of hydrogen-bond donors (Lipinski definition) is 0. The zero-order valence-corrected chi connectivity index (χ0v) is 16.7. The van der Waals surface area contributed by atoms with E-state index < -0.39 is 5.41 Å². The molecule has 4 rings (SSSR count). The van der Waals surface area contributed by atoms with E-state index in [0.717, 1.165) is 0 Å². The Morgan fingerprint density at radius 3 is 1.24 bits per heavy atom. The van der Waals surface area contributed by atoms with Crippen LogP contribution in [0.5, 0.6) is 0 Å². The molecule has 0 bridgehead atoms. The Hall–Kier alpha value is -3.16. The van der Waals surface area contributed by atoms with Gasteiger partial charge in [0.05, 0.1) is 5.41 Å². The largest absolute Gasteiger partial charge is 0.372 e. The molecule has 4 aromatic carbocycles. The van der Waals surface area contributed by atoms with Crippen molar-refractivity contribution in [1.29, 1.82) is 0 Å². The highest BCUT2D eigenvalue weighted by atomic mass is 16.5. The Bertz CT molecular complexity index is 898. The number of benzene rings is 4. The van der Waals surface area contributed by atoms with Crippen molar-refractivity contribution in [3.05, 3.63) is 144 Å². The summed E-state index contributed by atoms with van der Waals surface area (Å²) in [5.41, 5.74) is 4.37. The maximum absolute atomic E-state index is 6.56. The minimum Gasteiger partial charge on any atom is -0.372 e. The van der Waals surface area contributed by atoms with Crippen molar-refractivity contribution in [2.24, 2.45) is 0 Å². The molecule has 0 aliphatic carbocycles. The van der Waals surface area contributed by atoms with Gasteiger partial charge in [-0.3, -0.25) is 0 Å². The highest BCUT2D eigenvalue weighted by molar-refractivity contribution is 5.53. The molecule has 1 nitrogen and oxygen atoms in total. The van der Waals surface area contributed by atoms with E-state index in [4.69, 9.17) is 4.74 Å². The average Bonchev–Trinajstić information content (AvgIpc) is 2.82. The van der Waals surface area contributed by atoms with Crippen LogP contribution in [0, 0.1) is 0 Å². The Kier molecular flexibility index (Phi) is 5.88. The first-order chi connectivity index (χ1) is 14.4. The van der Waals surface area contributed by atoms with Crippen LogP contribution in [0.3, 0.4) is 0 Å². The van der Waals surface area contributed by atoms with Crippen molar-refractivity contribution in [2.75, 3.05) is 6.61 Å². The third-order valence-corrected chi connectivity index (χ3v) is 5.52. The molecule has 0 saturated heterocycles. The lowest BCUT2D eigenvalue weighted by molar-refractivity contribution is 0.0268. The standard InChI is InChI=1S/C28H26O/c1-2-29-27(23-15-7-3-8-16-23)28(24-17-9-4-10-18-24,25-19-11-5-12-20-25)26-21-13-6-14-22-26/h3-22,27H,2H2,1H3. The van der Waals surface area contributed by atoms with Gasteiger partial charge in [0, 0.05) is 6.61 Å². The van der Waals surface area contributed by atoms with Crippen molar-refractivity contribution >= 4 is 0 Å². The van der Waals surface area contributed by atoms with Gasteiger partial charge in [-0.05, 0) is 29.2 Å². The third-order valence-electron chi connectivity index (χ3n) is 5.52. The molecule has 0 fully saturated rings. The van der Waals surface area contributed by atoms with Crippen LogP contribution in [0.2, 0.25) is 0 Å². The molecule has 0 heterocycles. The molecular formula is C28H26O. The lowest BCUT2D eigenvalue weighted by Gasteiger charge is -2.42. The minimum absolute atomic E-state index is 0.166. The second-order valence-electron chi connectivity index (χ2n) is 7.15. The van der Waals surface area contributed by atoms with Crippen LogP contribution in [-0.2, 0) is 10.2 Å². The van der Waals surface area contributed by atoms with Gasteiger partial charge < -0.3 is 4.74 Å². The van der Waals surface area contributed by atoms with E-state index in [1.807, 2.05) is 0 Å². The first-order valence-electron chi connectivity index (χ1n) is 10.2. The van der Waals surface area contributed by atoms with Crippen molar-refractivity contribution in [3.8, 4) is 0 Å². The molecule has 0 saturated carbocycles. The fraction of sp³-hybridized carbons (Fsp3) is 0.143. The van der Waals surface area contributed by atoms with Crippen molar-refractivity contribution in [3.63, 3.8) is 0 Å². The fourth-order valence-corrected chi connectivity index (χ4v) is 4.32. The molecule has 0 radical (unpaired) electrons. The molecule has 4 aromatic rings. The first-order valence-corrected chi connectivity index (χ1v) is 10.2. The van der Waals surface area contributed by atoms with Gasteiger partial charge >= 0.3 is 0 Å². The van der Waals surface area contributed by atoms with Crippen LogP contribution < -0.4 is 0 Å². The molecule has 1 heteroatoms. The Morgan fingerprint density at radius 1 is 0.552 bits per heavy atom. The molecule has 0 aliphatic heterocycles. The van der Waals surface area contributed by atoms with Gasteiger partial charge in [-0.25, -0.2) is 0 Å². The highest BCUT2D eigenvalue weighted by Gasteiger charge is 2.45. The molecule has 144 valence electrons. The van der Waals surface area contributed by atoms with Crippen LogP contribution in [0.4, 0.5) is 0 Å². The zero-order valence-electron chi connectivity index (χ0n) is 16.7. The molecule has 0 amide bonds. The Morgan fingerprint density at radius 2 is 0.897 bits per heavy atom. The van der Waals surface area contributed by atoms with Gasteiger partial charge in [0.25, 0.3) is 0 Å². The number of rotatable bonds is 7. The van der Waals surface area contributed by atoms with E-state index in [-0.39, 0.29) is 6.10 Å². The summed E-state index contributed by atoms with van der Waals surface area (Å²) in [4.78, 5) is 0. The zero-order chi connectivity index (χ0) is 19.9. The van der Waals surface area contributed by atoms with Gasteiger partial charge in [-0.2, -0.15) is 0 Å².